The minimum absolute atomic E-state index is 0.0217. The van der Waals surface area contributed by atoms with Gasteiger partial charge in [-0.15, -0.1) is 0 Å². The maximum absolute atomic E-state index is 13.4. The van der Waals surface area contributed by atoms with Crippen LogP contribution in [-0.4, -0.2) is 60.5 Å². The van der Waals surface area contributed by atoms with Crippen molar-refractivity contribution in [3.05, 3.63) is 0 Å². The molecule has 0 bridgehead atoms. The quantitative estimate of drug-likeness (QED) is 0.0279. The van der Waals surface area contributed by atoms with Crippen molar-refractivity contribution in [2.45, 2.75) is 245 Å². The van der Waals surface area contributed by atoms with Crippen molar-refractivity contribution >= 4 is 22.0 Å². The molecule has 0 aromatic heterocycles. The number of carbonyl (C=O) groups excluding carboxylic acids is 2. The highest BCUT2D eigenvalue weighted by atomic mass is 32.3. The Morgan fingerprint density at radius 1 is 0.549 bits per heavy atom. The van der Waals surface area contributed by atoms with E-state index in [0.29, 0.717) is 12.8 Å². The topological polar surface area (TPSA) is 121 Å². The molecular weight excluding hydrogens is 663 g/mol. The molecule has 0 aliphatic heterocycles. The van der Waals surface area contributed by atoms with Gasteiger partial charge >= 0.3 is 10.4 Å². The SMILES string of the molecule is CCCCCCCCCCCCCCCCCC(=O)C(C)(C(=O)CCCCCCCCCCCCCCCCC)N(C)C(C)O.COS(=O)(=O)O. The van der Waals surface area contributed by atoms with E-state index in [-0.39, 0.29) is 11.6 Å². The molecule has 0 saturated carbocycles. The number of carbonyl (C=O) groups is 2. The molecule has 0 fully saturated rings. The van der Waals surface area contributed by atoms with Crippen molar-refractivity contribution in [3.63, 3.8) is 0 Å². The fourth-order valence-electron chi connectivity index (χ4n) is 6.72. The van der Waals surface area contributed by atoms with E-state index in [1.807, 2.05) is 0 Å². The Morgan fingerprint density at radius 3 is 0.922 bits per heavy atom. The van der Waals surface area contributed by atoms with Gasteiger partial charge in [-0.2, -0.15) is 8.42 Å². The molecule has 0 aromatic rings. The Bertz CT molecular complexity index is 848. The van der Waals surface area contributed by atoms with Gasteiger partial charge in [-0.25, -0.2) is 0 Å². The van der Waals surface area contributed by atoms with Crippen LogP contribution in [0.3, 0.4) is 0 Å². The summed E-state index contributed by atoms with van der Waals surface area (Å²) in [6.45, 7) is 7.96. The minimum Gasteiger partial charge on any atom is -0.379 e. The second-order valence-electron chi connectivity index (χ2n) is 15.2. The molecule has 0 aliphatic carbocycles. The normalized spacial score (nSPS) is 12.6. The molecule has 0 radical (unpaired) electrons. The van der Waals surface area contributed by atoms with Crippen LogP contribution in [0.5, 0.6) is 0 Å². The predicted octanol–water partition coefficient (Wildman–Crippen LogP) is 12.1. The molecule has 9 heteroatoms. The molecule has 8 nitrogen and oxygen atoms in total. The standard InChI is InChI=1S/C41H81NO3.CH4O4S/c1-6-8-10-12-14-16-18-20-22-24-26-28-30-32-34-36-39(44)41(4,42(5)38(3)43)40(45)37-35-33-31-29-27-25-23-21-19-17-15-13-11-9-7-2;1-5-6(2,3)4/h38,43H,6-37H2,1-5H3;1H3,(H,2,3,4). The summed E-state index contributed by atoms with van der Waals surface area (Å²) in [5.41, 5.74) is -1.22. The van der Waals surface area contributed by atoms with Crippen LogP contribution in [0.15, 0.2) is 0 Å². The number of ketones is 2. The third-order valence-corrected chi connectivity index (χ3v) is 11.0. The number of aliphatic hydroxyl groups is 1. The first-order chi connectivity index (χ1) is 24.4. The number of hydrogen-bond acceptors (Lipinski definition) is 7. The molecule has 306 valence electrons. The molecule has 0 aliphatic rings. The number of rotatable bonds is 37. The van der Waals surface area contributed by atoms with Gasteiger partial charge in [0.2, 0.25) is 0 Å². The van der Waals surface area contributed by atoms with Gasteiger partial charge in [-0.1, -0.05) is 194 Å². The van der Waals surface area contributed by atoms with Gasteiger partial charge in [-0.05, 0) is 33.7 Å². The third kappa shape index (κ3) is 32.3. The largest absolute Gasteiger partial charge is 0.397 e. The zero-order chi connectivity index (χ0) is 38.6. The third-order valence-electron chi connectivity index (χ3n) is 10.6. The fourth-order valence-corrected chi connectivity index (χ4v) is 6.72. The van der Waals surface area contributed by atoms with Crippen LogP contribution < -0.4 is 0 Å². The highest BCUT2D eigenvalue weighted by molar-refractivity contribution is 7.80. The van der Waals surface area contributed by atoms with Gasteiger partial charge < -0.3 is 5.11 Å². The number of Topliss-reactive ketones (excluding diaryl/α,β-unsaturated/α-hetero) is 2. The maximum atomic E-state index is 13.4. The Balaban J connectivity index is 0. The summed E-state index contributed by atoms with van der Waals surface area (Å²) >= 11 is 0. The molecule has 1 atom stereocenters. The van der Waals surface area contributed by atoms with E-state index in [1.54, 1.807) is 25.8 Å². The van der Waals surface area contributed by atoms with Crippen molar-refractivity contribution in [3.8, 4) is 0 Å². The number of aliphatic hydroxyl groups excluding tert-OH is 1. The number of likely N-dealkylation sites (N-methyl/N-ethyl adjacent to an activating group) is 1. The van der Waals surface area contributed by atoms with Crippen molar-refractivity contribution in [2.24, 2.45) is 0 Å². The summed E-state index contributed by atoms with van der Waals surface area (Å²) in [5.74, 6) is -0.0434. The number of unbranched alkanes of at least 4 members (excludes halogenated alkanes) is 28. The number of hydrogen-bond donors (Lipinski definition) is 2. The van der Waals surface area contributed by atoms with Gasteiger partial charge in [0, 0.05) is 12.8 Å². The zero-order valence-corrected chi connectivity index (χ0v) is 35.3. The summed E-state index contributed by atoms with van der Waals surface area (Å²) in [7, 11) is -1.57. The van der Waals surface area contributed by atoms with Crippen molar-refractivity contribution < 1.29 is 31.8 Å². The van der Waals surface area contributed by atoms with Crippen molar-refractivity contribution in [1.29, 1.82) is 0 Å². The molecular formula is C42H85NO7S. The highest BCUT2D eigenvalue weighted by Gasteiger charge is 2.44. The Kier molecular flexibility index (Phi) is 37.0. The first-order valence-electron chi connectivity index (χ1n) is 21.4. The van der Waals surface area contributed by atoms with Crippen LogP contribution in [-0.2, 0) is 24.2 Å². The second-order valence-corrected chi connectivity index (χ2v) is 16.3. The van der Waals surface area contributed by atoms with E-state index in [4.69, 9.17) is 4.55 Å². The van der Waals surface area contributed by atoms with Crippen LogP contribution in [0, 0.1) is 0 Å². The Labute approximate surface area is 317 Å². The van der Waals surface area contributed by atoms with Crippen LogP contribution in [0.1, 0.15) is 233 Å². The molecule has 2 N–H and O–H groups in total. The first kappa shape index (κ1) is 52.2. The molecule has 0 aromatic carbocycles. The average molecular weight is 748 g/mol. The Morgan fingerprint density at radius 2 is 0.745 bits per heavy atom. The smallest absolute Gasteiger partial charge is 0.379 e. The zero-order valence-electron chi connectivity index (χ0n) is 34.5. The molecule has 0 amide bonds. The van der Waals surface area contributed by atoms with Crippen molar-refractivity contribution in [2.75, 3.05) is 14.2 Å². The fraction of sp³-hybridized carbons (Fsp3) is 0.952. The minimum atomic E-state index is -4.16. The first-order valence-corrected chi connectivity index (χ1v) is 22.8. The summed E-state index contributed by atoms with van der Waals surface area (Å²) < 4.78 is 29.7. The lowest BCUT2D eigenvalue weighted by atomic mass is 9.84. The average Bonchev–Trinajstić information content (AvgIpc) is 3.10. The van der Waals surface area contributed by atoms with E-state index in [2.05, 4.69) is 18.0 Å². The van der Waals surface area contributed by atoms with Crippen LogP contribution in [0.2, 0.25) is 0 Å². The summed E-state index contributed by atoms with van der Waals surface area (Å²) in [6.07, 6.45) is 38.9. The van der Waals surface area contributed by atoms with Crippen LogP contribution in [0.4, 0.5) is 0 Å². The van der Waals surface area contributed by atoms with E-state index in [1.165, 1.54) is 167 Å². The molecule has 1 unspecified atom stereocenters. The number of nitrogens with zero attached hydrogens (tertiary/aromatic N) is 1. The maximum Gasteiger partial charge on any atom is 0.397 e. The molecule has 0 saturated heterocycles. The second kappa shape index (κ2) is 36.1. The van der Waals surface area contributed by atoms with E-state index in [0.717, 1.165) is 32.8 Å². The summed E-state index contributed by atoms with van der Waals surface area (Å²) in [4.78, 5) is 28.3. The highest BCUT2D eigenvalue weighted by Crippen LogP contribution is 2.25. The van der Waals surface area contributed by atoms with Gasteiger partial charge in [0.15, 0.2) is 11.6 Å². The monoisotopic (exact) mass is 748 g/mol. The lowest BCUT2D eigenvalue weighted by Crippen LogP contribution is -2.59. The van der Waals surface area contributed by atoms with Crippen LogP contribution >= 0.6 is 0 Å². The molecule has 0 rings (SSSR count). The van der Waals surface area contributed by atoms with E-state index < -0.39 is 22.2 Å². The van der Waals surface area contributed by atoms with E-state index in [9.17, 15) is 23.1 Å². The van der Waals surface area contributed by atoms with Crippen molar-refractivity contribution in [1.82, 2.24) is 4.90 Å². The predicted molar refractivity (Wildman–Crippen MR) is 216 cm³/mol. The lowest BCUT2D eigenvalue weighted by molar-refractivity contribution is -0.149. The van der Waals surface area contributed by atoms with Gasteiger partial charge in [0.1, 0.15) is 11.8 Å². The van der Waals surface area contributed by atoms with Crippen LogP contribution in [0.25, 0.3) is 0 Å². The summed E-state index contributed by atoms with van der Waals surface area (Å²) in [5, 5.41) is 10.3. The summed E-state index contributed by atoms with van der Waals surface area (Å²) in [6, 6.07) is 0. The molecule has 51 heavy (non-hydrogen) atoms. The van der Waals surface area contributed by atoms with Gasteiger partial charge in [0.25, 0.3) is 0 Å². The van der Waals surface area contributed by atoms with E-state index >= 15 is 0 Å². The molecule has 0 heterocycles. The Hall–Kier alpha value is -0.870. The van der Waals surface area contributed by atoms with Gasteiger partial charge in [0.05, 0.1) is 7.11 Å². The lowest BCUT2D eigenvalue weighted by Gasteiger charge is -2.38. The van der Waals surface area contributed by atoms with Gasteiger partial charge in [-0.3, -0.25) is 23.2 Å². The molecule has 0 spiro atoms.